The number of hydrogen-bond acceptors (Lipinski definition) is 2. The Hall–Kier alpha value is -1.02. The third-order valence-electron chi connectivity index (χ3n) is 3.41. The lowest BCUT2D eigenvalue weighted by Gasteiger charge is -2.27. The molecule has 1 N–H and O–H groups in total. The van der Waals surface area contributed by atoms with Crippen molar-refractivity contribution in [2.24, 2.45) is 0 Å². The Morgan fingerprint density at radius 2 is 1.94 bits per heavy atom. The molecule has 102 valence electrons. The zero-order valence-corrected chi connectivity index (χ0v) is 12.6. The summed E-state index contributed by atoms with van der Waals surface area (Å²) in [6.07, 6.45) is 1.29. The average molecular weight is 249 g/mol. The largest absolute Gasteiger partial charge is 0.489 e. The number of ether oxygens (including phenoxy) is 1. The molecule has 2 nitrogen and oxygen atoms in total. The summed E-state index contributed by atoms with van der Waals surface area (Å²) in [5.41, 5.74) is 2.66. The van der Waals surface area contributed by atoms with Gasteiger partial charge in [0.2, 0.25) is 0 Å². The zero-order chi connectivity index (χ0) is 13.8. The first kappa shape index (κ1) is 15.0. The first-order valence-electron chi connectivity index (χ1n) is 6.83. The van der Waals surface area contributed by atoms with Crippen LogP contribution in [0.25, 0.3) is 0 Å². The number of aryl methyl sites for hydroxylation is 2. The molecule has 1 aromatic rings. The number of rotatable bonds is 6. The zero-order valence-electron chi connectivity index (χ0n) is 12.6. The van der Waals surface area contributed by atoms with Crippen LogP contribution in [0.1, 0.15) is 45.2 Å². The molecule has 1 aromatic carbocycles. The second kappa shape index (κ2) is 6.24. The highest BCUT2D eigenvalue weighted by Crippen LogP contribution is 2.20. The van der Waals surface area contributed by atoms with Gasteiger partial charge in [0.25, 0.3) is 0 Å². The minimum Gasteiger partial charge on any atom is -0.489 e. The average Bonchev–Trinajstić information content (AvgIpc) is 2.30. The van der Waals surface area contributed by atoms with E-state index >= 15 is 0 Å². The predicted octanol–water partition coefficient (Wildman–Crippen LogP) is 3.85. The van der Waals surface area contributed by atoms with E-state index in [1.165, 1.54) is 11.1 Å². The number of benzene rings is 1. The van der Waals surface area contributed by atoms with Crippen LogP contribution in [0.5, 0.6) is 5.75 Å². The van der Waals surface area contributed by atoms with Gasteiger partial charge in [0.1, 0.15) is 11.9 Å². The van der Waals surface area contributed by atoms with Gasteiger partial charge in [-0.05, 0) is 52.7 Å². The second-order valence-corrected chi connectivity index (χ2v) is 5.82. The van der Waals surface area contributed by atoms with E-state index in [1.807, 2.05) is 0 Å². The van der Waals surface area contributed by atoms with Gasteiger partial charge in [0.05, 0.1) is 0 Å². The number of nitrogens with one attached hydrogen (secondary N) is 1. The molecule has 2 heteroatoms. The molecule has 0 saturated heterocycles. The van der Waals surface area contributed by atoms with E-state index in [2.05, 4.69) is 65.1 Å². The van der Waals surface area contributed by atoms with Crippen molar-refractivity contribution in [3.8, 4) is 5.75 Å². The lowest BCUT2D eigenvalue weighted by atomic mass is 10.0. The Kier molecular flexibility index (Phi) is 5.21. The van der Waals surface area contributed by atoms with Gasteiger partial charge >= 0.3 is 0 Å². The van der Waals surface area contributed by atoms with Crippen molar-refractivity contribution >= 4 is 0 Å². The van der Waals surface area contributed by atoms with Gasteiger partial charge in [-0.2, -0.15) is 0 Å². The molecule has 0 saturated carbocycles. The van der Waals surface area contributed by atoms with Gasteiger partial charge in [-0.3, -0.25) is 0 Å². The lowest BCUT2D eigenvalue weighted by molar-refractivity contribution is 0.197. The van der Waals surface area contributed by atoms with Gasteiger partial charge in [-0.1, -0.05) is 24.6 Å². The molecule has 0 amide bonds. The van der Waals surface area contributed by atoms with Crippen molar-refractivity contribution < 1.29 is 4.74 Å². The quantitative estimate of drug-likeness (QED) is 0.827. The van der Waals surface area contributed by atoms with Crippen molar-refractivity contribution in [2.75, 3.05) is 6.54 Å². The van der Waals surface area contributed by atoms with Gasteiger partial charge in [0, 0.05) is 12.1 Å². The molecule has 0 aliphatic heterocycles. The summed E-state index contributed by atoms with van der Waals surface area (Å²) in [6, 6.07) is 6.32. The van der Waals surface area contributed by atoms with Crippen molar-refractivity contribution in [1.82, 2.24) is 5.32 Å². The van der Waals surface area contributed by atoms with E-state index in [4.69, 9.17) is 4.74 Å². The standard InChI is InChI=1S/C16H27NO/c1-7-16(5,6)17-11-14(4)18-15-9-8-12(2)10-13(15)3/h8-10,14,17H,7,11H2,1-6H3. The molecular weight excluding hydrogens is 222 g/mol. The monoisotopic (exact) mass is 249 g/mol. The van der Waals surface area contributed by atoms with E-state index < -0.39 is 0 Å². The minimum absolute atomic E-state index is 0.178. The van der Waals surface area contributed by atoms with Crippen molar-refractivity contribution in [3.05, 3.63) is 29.3 Å². The second-order valence-electron chi connectivity index (χ2n) is 5.82. The molecule has 0 bridgehead atoms. The summed E-state index contributed by atoms with van der Waals surface area (Å²) in [4.78, 5) is 0. The smallest absolute Gasteiger partial charge is 0.122 e. The Morgan fingerprint density at radius 3 is 2.50 bits per heavy atom. The van der Waals surface area contributed by atoms with E-state index in [9.17, 15) is 0 Å². The molecule has 0 spiro atoms. The normalized spacial score (nSPS) is 13.4. The summed E-state index contributed by atoms with van der Waals surface area (Å²) in [5.74, 6) is 0.990. The molecule has 0 aliphatic carbocycles. The summed E-state index contributed by atoms with van der Waals surface area (Å²) in [5, 5.41) is 3.53. The molecule has 0 aromatic heterocycles. The summed E-state index contributed by atoms with van der Waals surface area (Å²) < 4.78 is 5.98. The fraction of sp³-hybridized carbons (Fsp3) is 0.625. The molecule has 0 fully saturated rings. The first-order valence-corrected chi connectivity index (χ1v) is 6.83. The lowest BCUT2D eigenvalue weighted by Crippen LogP contribution is -2.43. The SMILES string of the molecule is CCC(C)(C)NCC(C)Oc1ccc(C)cc1C. The highest BCUT2D eigenvalue weighted by Gasteiger charge is 2.15. The van der Waals surface area contributed by atoms with Crippen LogP contribution in [-0.2, 0) is 0 Å². The highest BCUT2D eigenvalue weighted by molar-refractivity contribution is 5.35. The predicted molar refractivity (Wildman–Crippen MR) is 78.4 cm³/mol. The molecule has 18 heavy (non-hydrogen) atoms. The summed E-state index contributed by atoms with van der Waals surface area (Å²) >= 11 is 0. The molecule has 0 aliphatic rings. The summed E-state index contributed by atoms with van der Waals surface area (Å²) in [7, 11) is 0. The van der Waals surface area contributed by atoms with Crippen LogP contribution in [0.3, 0.4) is 0 Å². The molecule has 1 rings (SSSR count). The van der Waals surface area contributed by atoms with Crippen LogP contribution in [0.15, 0.2) is 18.2 Å². The Labute approximate surface area is 112 Å². The van der Waals surface area contributed by atoms with E-state index in [0.29, 0.717) is 0 Å². The Morgan fingerprint density at radius 1 is 1.28 bits per heavy atom. The van der Waals surface area contributed by atoms with Crippen LogP contribution >= 0.6 is 0 Å². The van der Waals surface area contributed by atoms with Crippen molar-refractivity contribution in [2.45, 2.75) is 59.6 Å². The maximum absolute atomic E-state index is 5.98. The molecule has 0 heterocycles. The molecular formula is C16H27NO. The first-order chi connectivity index (χ1) is 8.34. The van der Waals surface area contributed by atoms with Crippen molar-refractivity contribution in [3.63, 3.8) is 0 Å². The Bertz CT molecular complexity index is 385. The van der Waals surface area contributed by atoms with Crippen molar-refractivity contribution in [1.29, 1.82) is 0 Å². The number of hydrogen-bond donors (Lipinski definition) is 1. The summed E-state index contributed by atoms with van der Waals surface area (Å²) in [6.45, 7) is 13.8. The highest BCUT2D eigenvalue weighted by atomic mass is 16.5. The van der Waals surface area contributed by atoms with Crippen LogP contribution < -0.4 is 10.1 Å². The minimum atomic E-state index is 0.178. The third-order valence-corrected chi connectivity index (χ3v) is 3.41. The van der Waals surface area contributed by atoms with Crippen LogP contribution in [0, 0.1) is 13.8 Å². The fourth-order valence-corrected chi connectivity index (χ4v) is 1.73. The third kappa shape index (κ3) is 4.69. The van der Waals surface area contributed by atoms with Gasteiger partial charge < -0.3 is 10.1 Å². The fourth-order valence-electron chi connectivity index (χ4n) is 1.73. The Balaban J connectivity index is 2.52. The maximum atomic E-state index is 5.98. The molecule has 0 radical (unpaired) electrons. The molecule has 1 atom stereocenters. The van der Waals surface area contributed by atoms with Gasteiger partial charge in [-0.25, -0.2) is 0 Å². The van der Waals surface area contributed by atoms with Crippen LogP contribution in [0.4, 0.5) is 0 Å². The van der Waals surface area contributed by atoms with Gasteiger partial charge in [-0.15, -0.1) is 0 Å². The van der Waals surface area contributed by atoms with E-state index in [-0.39, 0.29) is 11.6 Å². The van der Waals surface area contributed by atoms with Gasteiger partial charge in [0.15, 0.2) is 0 Å². The van der Waals surface area contributed by atoms with Crippen LogP contribution in [0.2, 0.25) is 0 Å². The van der Waals surface area contributed by atoms with Crippen LogP contribution in [-0.4, -0.2) is 18.2 Å². The van der Waals surface area contributed by atoms with E-state index in [0.717, 1.165) is 18.7 Å². The van der Waals surface area contributed by atoms with E-state index in [1.54, 1.807) is 0 Å². The topological polar surface area (TPSA) is 21.3 Å². The maximum Gasteiger partial charge on any atom is 0.122 e. The molecule has 1 unspecified atom stereocenters.